The van der Waals surface area contributed by atoms with E-state index in [0.29, 0.717) is 10.9 Å². The third kappa shape index (κ3) is 4.87. The van der Waals surface area contributed by atoms with Gasteiger partial charge in [-0.15, -0.1) is 23.1 Å². The number of fused-ring (bicyclic) bond motifs is 2. The van der Waals surface area contributed by atoms with Gasteiger partial charge in [0.15, 0.2) is 5.13 Å². The van der Waals surface area contributed by atoms with Crippen molar-refractivity contribution < 1.29 is 4.79 Å². The number of imidazole rings is 1. The molecule has 2 aromatic carbocycles. The number of hydrogen-bond donors (Lipinski definition) is 2. The van der Waals surface area contributed by atoms with Crippen LogP contribution in [0, 0.1) is 0 Å². The predicted octanol–water partition coefficient (Wildman–Crippen LogP) is 5.01. The lowest BCUT2D eigenvalue weighted by Gasteiger charge is -2.25. The first-order chi connectivity index (χ1) is 15.6. The highest BCUT2D eigenvalue weighted by molar-refractivity contribution is 8.00. The molecule has 4 aromatic rings. The van der Waals surface area contributed by atoms with Gasteiger partial charge in [0.25, 0.3) is 0 Å². The maximum absolute atomic E-state index is 12.5. The van der Waals surface area contributed by atoms with Crippen molar-refractivity contribution in [3.05, 3.63) is 76.6 Å². The van der Waals surface area contributed by atoms with E-state index in [4.69, 9.17) is 0 Å². The number of benzene rings is 2. The van der Waals surface area contributed by atoms with Crippen LogP contribution in [0.15, 0.2) is 54.6 Å². The molecule has 8 heteroatoms. The van der Waals surface area contributed by atoms with Gasteiger partial charge in [-0.25, -0.2) is 9.97 Å². The Morgan fingerprint density at radius 1 is 1.19 bits per heavy atom. The second-order valence-corrected chi connectivity index (χ2v) is 10.4. The summed E-state index contributed by atoms with van der Waals surface area (Å²) in [5, 5.41) is 3.80. The molecule has 0 saturated carbocycles. The molecule has 32 heavy (non-hydrogen) atoms. The topological polar surface area (TPSA) is 73.9 Å². The highest BCUT2D eigenvalue weighted by Gasteiger charge is 2.22. The Hall–Kier alpha value is -2.68. The number of nitrogens with one attached hydrogen (secondary N) is 2. The number of nitrogens with zero attached hydrogens (tertiary/aromatic N) is 3. The average Bonchev–Trinajstić information content (AvgIpc) is 3.41. The van der Waals surface area contributed by atoms with Crippen molar-refractivity contribution in [2.24, 2.45) is 0 Å². The molecule has 0 fully saturated rings. The van der Waals surface area contributed by atoms with Crippen molar-refractivity contribution in [1.82, 2.24) is 19.9 Å². The van der Waals surface area contributed by atoms with Crippen molar-refractivity contribution in [3.63, 3.8) is 0 Å². The van der Waals surface area contributed by atoms with Crippen LogP contribution in [-0.4, -0.2) is 38.1 Å². The first kappa shape index (κ1) is 21.2. The summed E-state index contributed by atoms with van der Waals surface area (Å²) in [5.74, 6) is 1.24. The number of rotatable bonds is 7. The van der Waals surface area contributed by atoms with E-state index in [9.17, 15) is 4.79 Å². The van der Waals surface area contributed by atoms with Crippen LogP contribution in [0.1, 0.15) is 34.1 Å². The molecule has 1 aliphatic heterocycles. The zero-order valence-electron chi connectivity index (χ0n) is 17.9. The van der Waals surface area contributed by atoms with Gasteiger partial charge in [-0.05, 0) is 24.6 Å². The summed E-state index contributed by atoms with van der Waals surface area (Å²) in [6, 6.07) is 18.5. The third-order valence-electron chi connectivity index (χ3n) is 5.56. The lowest BCUT2D eigenvalue weighted by atomic mass is 10.1. The number of amides is 1. The summed E-state index contributed by atoms with van der Waals surface area (Å²) in [6.07, 6.45) is 0.923. The molecule has 2 N–H and O–H groups in total. The van der Waals surface area contributed by atoms with Crippen LogP contribution < -0.4 is 5.32 Å². The second kappa shape index (κ2) is 9.44. The lowest BCUT2D eigenvalue weighted by molar-refractivity contribution is -0.113. The number of thiazole rings is 1. The van der Waals surface area contributed by atoms with Crippen molar-refractivity contribution in [2.45, 2.75) is 31.7 Å². The molecule has 1 aliphatic rings. The fourth-order valence-electron chi connectivity index (χ4n) is 3.88. The number of carbonyl (C=O) groups is 1. The molecule has 0 spiro atoms. The molecule has 0 aliphatic carbocycles. The lowest BCUT2D eigenvalue weighted by Crippen LogP contribution is -2.29. The fourth-order valence-corrected chi connectivity index (χ4v) is 5.69. The van der Waals surface area contributed by atoms with E-state index in [-0.39, 0.29) is 11.2 Å². The molecule has 3 heterocycles. The van der Waals surface area contributed by atoms with Gasteiger partial charge < -0.3 is 10.3 Å². The first-order valence-corrected chi connectivity index (χ1v) is 12.6. The van der Waals surface area contributed by atoms with Gasteiger partial charge in [-0.3, -0.25) is 9.69 Å². The Kier molecular flexibility index (Phi) is 6.25. The minimum Gasteiger partial charge on any atom is -0.341 e. The van der Waals surface area contributed by atoms with E-state index >= 15 is 0 Å². The van der Waals surface area contributed by atoms with Gasteiger partial charge >= 0.3 is 0 Å². The van der Waals surface area contributed by atoms with Crippen LogP contribution in [-0.2, 0) is 24.3 Å². The van der Waals surface area contributed by atoms with Crippen LogP contribution in [0.3, 0.4) is 0 Å². The first-order valence-electron chi connectivity index (χ1n) is 10.7. The van der Waals surface area contributed by atoms with Crippen LogP contribution in [0.2, 0.25) is 0 Å². The predicted molar refractivity (Wildman–Crippen MR) is 132 cm³/mol. The molecule has 2 aromatic heterocycles. The van der Waals surface area contributed by atoms with Crippen LogP contribution in [0.5, 0.6) is 0 Å². The average molecular weight is 464 g/mol. The summed E-state index contributed by atoms with van der Waals surface area (Å²) in [5.41, 5.74) is 4.42. The van der Waals surface area contributed by atoms with E-state index in [2.05, 4.69) is 56.4 Å². The van der Waals surface area contributed by atoms with Gasteiger partial charge in [0.1, 0.15) is 5.82 Å². The highest BCUT2D eigenvalue weighted by Crippen LogP contribution is 2.30. The molecular formula is C24H25N5OS2. The normalized spacial score (nSPS) is 14.9. The number of aromatic nitrogens is 3. The smallest absolute Gasteiger partial charge is 0.236 e. The molecule has 6 nitrogen and oxygen atoms in total. The maximum Gasteiger partial charge on any atom is 0.236 e. The van der Waals surface area contributed by atoms with Gasteiger partial charge in [-0.2, -0.15) is 0 Å². The Morgan fingerprint density at radius 2 is 2.00 bits per heavy atom. The number of anilines is 1. The molecule has 1 amide bonds. The highest BCUT2D eigenvalue weighted by atomic mass is 32.2. The maximum atomic E-state index is 12.5. The van der Waals surface area contributed by atoms with E-state index in [1.165, 1.54) is 10.4 Å². The molecule has 1 unspecified atom stereocenters. The zero-order chi connectivity index (χ0) is 21.9. The van der Waals surface area contributed by atoms with Gasteiger partial charge in [0.2, 0.25) is 5.91 Å². The third-order valence-corrected chi connectivity index (χ3v) is 7.71. The number of hydrogen-bond acceptors (Lipinski definition) is 6. The molecule has 0 saturated heterocycles. The van der Waals surface area contributed by atoms with E-state index in [1.54, 1.807) is 23.1 Å². The number of H-pyrrole nitrogens is 1. The van der Waals surface area contributed by atoms with Crippen molar-refractivity contribution in [2.75, 3.05) is 17.6 Å². The second-order valence-electron chi connectivity index (χ2n) is 7.98. The minimum atomic E-state index is -0.0230. The Balaban J connectivity index is 1.14. The summed E-state index contributed by atoms with van der Waals surface area (Å²) < 4.78 is 0. The summed E-state index contributed by atoms with van der Waals surface area (Å²) >= 11 is 3.17. The van der Waals surface area contributed by atoms with E-state index < -0.39 is 0 Å². The Labute approximate surface area is 195 Å². The van der Waals surface area contributed by atoms with Gasteiger partial charge in [-0.1, -0.05) is 42.5 Å². The van der Waals surface area contributed by atoms with Gasteiger partial charge in [0.05, 0.1) is 27.7 Å². The SMILES string of the molecule is CC(SCC(=O)Nc1nc2c(s1)CN(Cc1ccccc1)CC2)c1nc2ccccc2[nH]1. The van der Waals surface area contributed by atoms with Gasteiger partial charge in [0, 0.05) is 30.9 Å². The Morgan fingerprint density at radius 3 is 2.84 bits per heavy atom. The number of thioether (sulfide) groups is 1. The molecule has 0 bridgehead atoms. The number of para-hydroxylation sites is 2. The van der Waals surface area contributed by atoms with E-state index in [1.807, 2.05) is 30.3 Å². The molecule has 5 rings (SSSR count). The largest absolute Gasteiger partial charge is 0.341 e. The van der Waals surface area contributed by atoms with Crippen molar-refractivity contribution in [1.29, 1.82) is 0 Å². The van der Waals surface area contributed by atoms with E-state index in [0.717, 1.165) is 48.6 Å². The number of aromatic amines is 1. The van der Waals surface area contributed by atoms with Crippen LogP contribution in [0.4, 0.5) is 5.13 Å². The standard InChI is InChI=1S/C24H25N5OS2/c1-16(23-25-18-9-5-6-10-19(18)26-23)31-15-22(30)28-24-27-20-11-12-29(14-21(20)32-24)13-17-7-3-2-4-8-17/h2-10,16H,11-15H2,1H3,(H,25,26)(H,27,28,30). The molecule has 0 radical (unpaired) electrons. The molecular weight excluding hydrogens is 438 g/mol. The van der Waals surface area contributed by atoms with Crippen LogP contribution >= 0.6 is 23.1 Å². The number of carbonyl (C=O) groups excluding carboxylic acids is 1. The molecule has 164 valence electrons. The summed E-state index contributed by atoms with van der Waals surface area (Å²) in [4.78, 5) is 28.9. The summed E-state index contributed by atoms with van der Waals surface area (Å²) in [6.45, 7) is 4.88. The Bertz CT molecular complexity index is 1190. The van der Waals surface area contributed by atoms with Crippen molar-refractivity contribution in [3.8, 4) is 0 Å². The molecule has 1 atom stereocenters. The monoisotopic (exact) mass is 463 g/mol. The zero-order valence-corrected chi connectivity index (χ0v) is 19.5. The quantitative estimate of drug-likeness (QED) is 0.403. The minimum absolute atomic E-state index is 0.0230. The van der Waals surface area contributed by atoms with Crippen LogP contribution in [0.25, 0.3) is 11.0 Å². The van der Waals surface area contributed by atoms with Crippen molar-refractivity contribution >= 4 is 45.2 Å². The summed E-state index contributed by atoms with van der Waals surface area (Å²) in [7, 11) is 0. The fraction of sp³-hybridized carbons (Fsp3) is 0.292.